The maximum atomic E-state index is 13.9. The molecule has 2 saturated heterocycles. The third-order valence-electron chi connectivity index (χ3n) is 13.0. The van der Waals surface area contributed by atoms with Crippen LogP contribution in [0.2, 0.25) is 0 Å². The smallest absolute Gasteiger partial charge is 0.222 e. The van der Waals surface area contributed by atoms with Crippen molar-refractivity contribution in [2.75, 3.05) is 26.4 Å². The average Bonchev–Trinajstić information content (AvgIpc) is 3.49. The molecule has 6 rings (SSSR count). The Morgan fingerprint density at radius 2 is 1.67 bits per heavy atom. The van der Waals surface area contributed by atoms with Crippen LogP contribution in [0.3, 0.4) is 0 Å². The normalized spacial score (nSPS) is 52.0. The van der Waals surface area contributed by atoms with Crippen LogP contribution in [0.25, 0.3) is 0 Å². The van der Waals surface area contributed by atoms with Crippen molar-refractivity contribution >= 4 is 11.6 Å². The molecule has 0 aromatic rings. The summed E-state index contributed by atoms with van der Waals surface area (Å²) in [5.74, 6) is -3.13. The summed E-state index contributed by atoms with van der Waals surface area (Å²) < 4.78 is 22.4. The van der Waals surface area contributed by atoms with E-state index in [-0.39, 0.29) is 41.8 Å². The molecule has 15 nitrogen and oxygen atoms in total. The predicted octanol–water partition coefficient (Wildman–Crippen LogP) is -2.57. The zero-order valence-corrected chi connectivity index (χ0v) is 27.3. The Bertz CT molecular complexity index is 1280. The molecule has 4 aliphatic carbocycles. The summed E-state index contributed by atoms with van der Waals surface area (Å²) in [6.07, 6.45) is -8.86. The number of Topliss-reactive ketones (excluding diaryl/α,β-unsaturated/α-hetero) is 1. The van der Waals surface area contributed by atoms with Crippen LogP contribution in [0.1, 0.15) is 58.8 Å². The van der Waals surface area contributed by atoms with Crippen molar-refractivity contribution in [2.45, 2.75) is 125 Å². The topological polar surface area (TPSA) is 253 Å². The molecule has 16 atom stereocenters. The molecule has 0 radical (unpaired) electrons. The predicted molar refractivity (Wildman–Crippen MR) is 160 cm³/mol. The highest BCUT2D eigenvalue weighted by Crippen LogP contribution is 2.67. The molecule has 0 aromatic carbocycles. The third-order valence-corrected chi connectivity index (χ3v) is 13.0. The fourth-order valence-electron chi connectivity index (χ4n) is 10.2. The second kappa shape index (κ2) is 13.0. The molecule has 15 heteroatoms. The monoisotopic (exact) mass is 686 g/mol. The first-order valence-corrected chi connectivity index (χ1v) is 17.0. The number of allylic oxidation sites excluding steroid dienone is 1. The van der Waals surface area contributed by atoms with Crippen molar-refractivity contribution in [1.29, 1.82) is 0 Å². The van der Waals surface area contributed by atoms with Crippen molar-refractivity contribution in [3.8, 4) is 0 Å². The quantitative estimate of drug-likeness (QED) is 0.121. The molecule has 0 amide bonds. The molecule has 0 spiro atoms. The van der Waals surface area contributed by atoms with Crippen molar-refractivity contribution in [2.24, 2.45) is 28.6 Å². The molecular weight excluding hydrogens is 636 g/mol. The van der Waals surface area contributed by atoms with Crippen LogP contribution < -0.4 is 0 Å². The number of aliphatic hydroxyl groups excluding tert-OH is 8. The number of aliphatic hydroxyl groups is 9. The number of hydrogen-bond donors (Lipinski definition) is 9. The fraction of sp³-hybridized carbons (Fsp3) is 0.879. The molecule has 0 bridgehead atoms. The highest BCUT2D eigenvalue weighted by atomic mass is 16.8. The molecular formula is C33H50O15. The Morgan fingerprint density at radius 1 is 0.958 bits per heavy atom. The molecule has 6 aliphatic rings. The number of rotatable bonds is 9. The van der Waals surface area contributed by atoms with Gasteiger partial charge in [0.25, 0.3) is 0 Å². The lowest BCUT2D eigenvalue weighted by Crippen LogP contribution is -2.62. The standard InChI is InChI=1S/C33H50O15/c1-30-7-5-16(37)9-15(30)3-4-17-18-6-8-32(44,31(18,2)10-19(38)23(17)30)22(39)13-45-33(14-36)28(43)27(21(12-35)48-33)47-29-26(42)25(41)24(40)20(11-34)46-29/h9,17-21,23-29,34-36,38,40-44H,3-8,10-14H2,1-2H3/t17-,18-,19-,20?,21+,23+,24-,25+,26?,27?,28+,29-,30-,31-,32-,33+/m0/s1. The van der Waals surface area contributed by atoms with Gasteiger partial charge in [-0.05, 0) is 67.8 Å². The summed E-state index contributed by atoms with van der Waals surface area (Å²) in [6.45, 7) is 0.608. The minimum Gasteiger partial charge on any atom is -0.394 e. The minimum atomic E-state index is -2.31. The van der Waals surface area contributed by atoms with Gasteiger partial charge in [-0.15, -0.1) is 0 Å². The second-order valence-electron chi connectivity index (χ2n) is 15.2. The van der Waals surface area contributed by atoms with E-state index in [4.69, 9.17) is 18.9 Å². The van der Waals surface area contributed by atoms with E-state index in [2.05, 4.69) is 6.92 Å². The summed E-state index contributed by atoms with van der Waals surface area (Å²) in [4.78, 5) is 26.1. The van der Waals surface area contributed by atoms with Gasteiger partial charge in [0.05, 0.1) is 19.3 Å². The Kier molecular flexibility index (Phi) is 9.81. The Morgan fingerprint density at radius 3 is 2.33 bits per heavy atom. The lowest BCUT2D eigenvalue weighted by molar-refractivity contribution is -0.319. The van der Waals surface area contributed by atoms with Crippen molar-refractivity contribution in [3.05, 3.63) is 11.6 Å². The van der Waals surface area contributed by atoms with Crippen LogP contribution in [0, 0.1) is 28.6 Å². The van der Waals surface area contributed by atoms with Gasteiger partial charge in [0.1, 0.15) is 61.5 Å². The first-order valence-electron chi connectivity index (χ1n) is 17.0. The first-order chi connectivity index (χ1) is 22.6. The highest BCUT2D eigenvalue weighted by molar-refractivity contribution is 5.92. The van der Waals surface area contributed by atoms with Gasteiger partial charge in [0.15, 0.2) is 17.9 Å². The molecule has 2 aliphatic heterocycles. The zero-order chi connectivity index (χ0) is 35.0. The molecule has 2 heterocycles. The molecule has 48 heavy (non-hydrogen) atoms. The fourth-order valence-corrected chi connectivity index (χ4v) is 10.2. The molecule has 5 fully saturated rings. The zero-order valence-electron chi connectivity index (χ0n) is 27.3. The van der Waals surface area contributed by atoms with E-state index in [1.165, 1.54) is 0 Å². The van der Waals surface area contributed by atoms with Gasteiger partial charge in [-0.3, -0.25) is 9.59 Å². The summed E-state index contributed by atoms with van der Waals surface area (Å²) in [6, 6.07) is 0. The molecule has 9 N–H and O–H groups in total. The van der Waals surface area contributed by atoms with Crippen LogP contribution in [0.4, 0.5) is 0 Å². The van der Waals surface area contributed by atoms with E-state index in [1.807, 2.05) is 6.92 Å². The lowest BCUT2D eigenvalue weighted by Gasteiger charge is -2.60. The number of hydrogen-bond acceptors (Lipinski definition) is 15. The third kappa shape index (κ3) is 5.36. The van der Waals surface area contributed by atoms with Crippen LogP contribution >= 0.6 is 0 Å². The second-order valence-corrected chi connectivity index (χ2v) is 15.2. The summed E-state index contributed by atoms with van der Waals surface area (Å²) in [5.41, 5.74) is -2.20. The first kappa shape index (κ1) is 36.4. The molecule has 3 unspecified atom stereocenters. The molecule has 0 aromatic heterocycles. The van der Waals surface area contributed by atoms with Crippen molar-refractivity contribution < 1.29 is 74.5 Å². The van der Waals surface area contributed by atoms with E-state index < -0.39 is 104 Å². The Labute approximate surface area is 278 Å². The Balaban J connectivity index is 1.17. The summed E-state index contributed by atoms with van der Waals surface area (Å²) in [5, 5.41) is 95.5. The van der Waals surface area contributed by atoms with Crippen molar-refractivity contribution in [3.63, 3.8) is 0 Å². The number of carbonyl (C=O) groups excluding carboxylic acids is 2. The van der Waals surface area contributed by atoms with Gasteiger partial charge >= 0.3 is 0 Å². The van der Waals surface area contributed by atoms with Crippen LogP contribution in [-0.4, -0.2) is 150 Å². The molecule has 3 saturated carbocycles. The van der Waals surface area contributed by atoms with Crippen molar-refractivity contribution in [1.82, 2.24) is 0 Å². The van der Waals surface area contributed by atoms with E-state index in [9.17, 15) is 55.5 Å². The Hall–Kier alpha value is -1.44. The van der Waals surface area contributed by atoms with Crippen LogP contribution in [0.15, 0.2) is 11.6 Å². The van der Waals surface area contributed by atoms with Gasteiger partial charge in [-0.1, -0.05) is 19.4 Å². The number of fused-ring (bicyclic) bond motifs is 5. The van der Waals surface area contributed by atoms with Gasteiger partial charge in [0.2, 0.25) is 5.79 Å². The SMILES string of the molecule is C[C@]12CCC(=O)C=C1CC[C@@H]1[C@@H]2[C@@H](O)C[C@@]2(C)[C@H]1CC[C@]2(O)C(=O)CO[C@]1(CO)O[C@H](CO)C(O[C@@H]2OC(CO)[C@H](O)[C@@H](O)C2O)[C@H]1O. The summed E-state index contributed by atoms with van der Waals surface area (Å²) >= 11 is 0. The maximum Gasteiger partial charge on any atom is 0.222 e. The van der Waals surface area contributed by atoms with Crippen LogP contribution in [-0.2, 0) is 28.5 Å². The lowest BCUT2D eigenvalue weighted by atomic mass is 9.45. The maximum absolute atomic E-state index is 13.9. The minimum absolute atomic E-state index is 0.0197. The van der Waals surface area contributed by atoms with E-state index in [0.29, 0.717) is 25.7 Å². The number of carbonyl (C=O) groups is 2. The van der Waals surface area contributed by atoms with Gasteiger partial charge in [0, 0.05) is 11.8 Å². The van der Waals surface area contributed by atoms with E-state index >= 15 is 0 Å². The molecule has 272 valence electrons. The van der Waals surface area contributed by atoms with E-state index in [0.717, 1.165) is 12.0 Å². The van der Waals surface area contributed by atoms with Gasteiger partial charge < -0.3 is 64.9 Å². The van der Waals surface area contributed by atoms with Crippen LogP contribution in [0.5, 0.6) is 0 Å². The van der Waals surface area contributed by atoms with E-state index in [1.54, 1.807) is 6.08 Å². The summed E-state index contributed by atoms with van der Waals surface area (Å²) in [7, 11) is 0. The van der Waals surface area contributed by atoms with Gasteiger partial charge in [-0.2, -0.15) is 0 Å². The highest BCUT2D eigenvalue weighted by Gasteiger charge is 2.69. The number of ketones is 2. The largest absolute Gasteiger partial charge is 0.394 e. The van der Waals surface area contributed by atoms with Gasteiger partial charge in [-0.25, -0.2) is 0 Å². The average molecular weight is 687 g/mol. The number of ether oxygens (including phenoxy) is 4.